The van der Waals surface area contributed by atoms with Crippen molar-refractivity contribution in [1.82, 2.24) is 10.0 Å². The smallest absolute Gasteiger partial charge is 0.244 e. The SMILES string of the molecule is CCCNCc1cc(S(=O)(=O)NC2(C)CCCC2)c(C)o1. The lowest BCUT2D eigenvalue weighted by Crippen LogP contribution is -2.43. The summed E-state index contributed by atoms with van der Waals surface area (Å²) < 4.78 is 33.6. The van der Waals surface area contributed by atoms with Crippen LogP contribution >= 0.6 is 0 Å². The van der Waals surface area contributed by atoms with Crippen molar-refractivity contribution >= 4 is 10.0 Å². The normalized spacial score (nSPS) is 18.2. The van der Waals surface area contributed by atoms with Crippen molar-refractivity contribution < 1.29 is 12.8 Å². The Labute approximate surface area is 127 Å². The Morgan fingerprint density at radius 3 is 2.62 bits per heavy atom. The third kappa shape index (κ3) is 4.08. The summed E-state index contributed by atoms with van der Waals surface area (Å²) in [6, 6.07) is 1.64. The van der Waals surface area contributed by atoms with Crippen LogP contribution in [-0.4, -0.2) is 20.5 Å². The predicted molar refractivity (Wildman–Crippen MR) is 82.6 cm³/mol. The molecule has 5 nitrogen and oxygen atoms in total. The molecule has 1 aliphatic carbocycles. The molecule has 0 bridgehead atoms. The van der Waals surface area contributed by atoms with Crippen LogP contribution in [-0.2, 0) is 16.6 Å². The van der Waals surface area contributed by atoms with Gasteiger partial charge in [0, 0.05) is 11.6 Å². The highest BCUT2D eigenvalue weighted by molar-refractivity contribution is 7.89. The first kappa shape index (κ1) is 16.5. The molecule has 1 fully saturated rings. The van der Waals surface area contributed by atoms with Crippen LogP contribution in [0.5, 0.6) is 0 Å². The van der Waals surface area contributed by atoms with Crippen LogP contribution in [0, 0.1) is 6.92 Å². The number of nitrogens with one attached hydrogen (secondary N) is 2. The molecular formula is C15H26N2O3S. The van der Waals surface area contributed by atoms with Crippen molar-refractivity contribution in [3.63, 3.8) is 0 Å². The standard InChI is InChI=1S/C15H26N2O3S/c1-4-9-16-11-13-10-14(12(2)20-13)21(18,19)17-15(3)7-5-6-8-15/h10,16-17H,4-9,11H2,1-3H3. The van der Waals surface area contributed by atoms with E-state index in [1.807, 2.05) is 6.92 Å². The molecule has 0 amide bonds. The average molecular weight is 314 g/mol. The van der Waals surface area contributed by atoms with Gasteiger partial charge in [0.25, 0.3) is 0 Å². The third-order valence-electron chi connectivity index (χ3n) is 4.03. The first-order chi connectivity index (χ1) is 9.86. The lowest BCUT2D eigenvalue weighted by atomic mass is 10.0. The van der Waals surface area contributed by atoms with Crippen LogP contribution in [0.2, 0.25) is 0 Å². The molecule has 0 spiro atoms. The number of hydrogen-bond acceptors (Lipinski definition) is 4. The maximum atomic E-state index is 12.6. The Hall–Kier alpha value is -0.850. The number of sulfonamides is 1. The number of furan rings is 1. The fourth-order valence-corrected chi connectivity index (χ4v) is 4.57. The van der Waals surface area contributed by atoms with Crippen molar-refractivity contribution in [3.8, 4) is 0 Å². The molecule has 2 N–H and O–H groups in total. The Morgan fingerprint density at radius 2 is 2.00 bits per heavy atom. The van der Waals surface area contributed by atoms with E-state index in [1.54, 1.807) is 13.0 Å². The summed E-state index contributed by atoms with van der Waals surface area (Å²) in [4.78, 5) is 0.268. The van der Waals surface area contributed by atoms with E-state index in [2.05, 4.69) is 17.0 Å². The number of hydrogen-bond donors (Lipinski definition) is 2. The van der Waals surface area contributed by atoms with Gasteiger partial charge in [0.15, 0.2) is 0 Å². The van der Waals surface area contributed by atoms with E-state index < -0.39 is 10.0 Å². The summed E-state index contributed by atoms with van der Waals surface area (Å²) in [5.41, 5.74) is -0.316. The summed E-state index contributed by atoms with van der Waals surface area (Å²) in [6.07, 6.45) is 4.98. The molecule has 1 aliphatic rings. The largest absolute Gasteiger partial charge is 0.464 e. The molecule has 2 rings (SSSR count). The lowest BCUT2D eigenvalue weighted by molar-refractivity contribution is 0.425. The maximum absolute atomic E-state index is 12.6. The summed E-state index contributed by atoms with van der Waals surface area (Å²) in [5.74, 6) is 1.12. The molecule has 21 heavy (non-hydrogen) atoms. The second-order valence-corrected chi connectivity index (χ2v) is 7.83. The van der Waals surface area contributed by atoms with Crippen molar-refractivity contribution in [2.24, 2.45) is 0 Å². The molecule has 0 aromatic carbocycles. The fraction of sp³-hybridized carbons (Fsp3) is 0.733. The lowest BCUT2D eigenvalue weighted by Gasteiger charge is -2.24. The van der Waals surface area contributed by atoms with Gasteiger partial charge < -0.3 is 9.73 Å². The van der Waals surface area contributed by atoms with Crippen molar-refractivity contribution in [2.45, 2.75) is 69.9 Å². The minimum Gasteiger partial charge on any atom is -0.464 e. The van der Waals surface area contributed by atoms with Crippen LogP contribution in [0.15, 0.2) is 15.4 Å². The first-order valence-corrected chi connectivity index (χ1v) is 9.19. The topological polar surface area (TPSA) is 71.3 Å². The number of aryl methyl sites for hydroxylation is 1. The molecule has 0 radical (unpaired) electrons. The zero-order valence-corrected chi connectivity index (χ0v) is 14.0. The van der Waals surface area contributed by atoms with Crippen LogP contribution in [0.25, 0.3) is 0 Å². The van der Waals surface area contributed by atoms with Crippen LogP contribution in [0.4, 0.5) is 0 Å². The van der Waals surface area contributed by atoms with Gasteiger partial charge in [0.2, 0.25) is 10.0 Å². The Bertz CT molecular complexity index is 572. The highest BCUT2D eigenvalue weighted by Crippen LogP contribution is 2.31. The molecule has 120 valence electrons. The minimum atomic E-state index is -3.51. The molecule has 0 saturated heterocycles. The predicted octanol–water partition coefficient (Wildman–Crippen LogP) is 2.70. The van der Waals surface area contributed by atoms with Gasteiger partial charge in [-0.1, -0.05) is 19.8 Å². The summed E-state index contributed by atoms with van der Waals surface area (Å²) in [7, 11) is -3.51. The Balaban J connectivity index is 2.12. The Morgan fingerprint density at radius 1 is 1.33 bits per heavy atom. The zero-order valence-electron chi connectivity index (χ0n) is 13.2. The molecule has 1 saturated carbocycles. The van der Waals surface area contributed by atoms with E-state index in [9.17, 15) is 8.42 Å². The highest BCUT2D eigenvalue weighted by Gasteiger charge is 2.34. The van der Waals surface area contributed by atoms with E-state index in [4.69, 9.17) is 4.42 Å². The van der Waals surface area contributed by atoms with Gasteiger partial charge in [-0.05, 0) is 39.7 Å². The molecule has 0 atom stereocenters. The zero-order chi connectivity index (χ0) is 15.5. The summed E-state index contributed by atoms with van der Waals surface area (Å²) >= 11 is 0. The van der Waals surface area contributed by atoms with Crippen molar-refractivity contribution in [3.05, 3.63) is 17.6 Å². The third-order valence-corrected chi connectivity index (χ3v) is 5.77. The highest BCUT2D eigenvalue weighted by atomic mass is 32.2. The van der Waals surface area contributed by atoms with E-state index in [0.717, 1.165) is 38.6 Å². The quantitative estimate of drug-likeness (QED) is 0.759. The van der Waals surface area contributed by atoms with Gasteiger partial charge in [0.05, 0.1) is 6.54 Å². The second-order valence-electron chi connectivity index (χ2n) is 6.18. The fourth-order valence-electron chi connectivity index (χ4n) is 2.90. The van der Waals surface area contributed by atoms with Gasteiger partial charge >= 0.3 is 0 Å². The van der Waals surface area contributed by atoms with Gasteiger partial charge in [0.1, 0.15) is 16.4 Å². The number of rotatable bonds is 7. The minimum absolute atomic E-state index is 0.268. The van der Waals surface area contributed by atoms with Gasteiger partial charge in [-0.15, -0.1) is 0 Å². The first-order valence-electron chi connectivity index (χ1n) is 7.70. The van der Waals surface area contributed by atoms with Gasteiger partial charge in [-0.25, -0.2) is 13.1 Å². The summed E-state index contributed by atoms with van der Waals surface area (Å²) in [6.45, 7) is 7.22. The van der Waals surface area contributed by atoms with E-state index in [-0.39, 0.29) is 10.4 Å². The van der Waals surface area contributed by atoms with Crippen molar-refractivity contribution in [1.29, 1.82) is 0 Å². The monoisotopic (exact) mass is 314 g/mol. The molecule has 1 heterocycles. The van der Waals surface area contributed by atoms with E-state index >= 15 is 0 Å². The van der Waals surface area contributed by atoms with E-state index in [1.165, 1.54) is 0 Å². The van der Waals surface area contributed by atoms with Gasteiger partial charge in [-0.2, -0.15) is 0 Å². The summed E-state index contributed by atoms with van der Waals surface area (Å²) in [5, 5.41) is 3.21. The Kier molecular flexibility index (Phi) is 5.11. The van der Waals surface area contributed by atoms with Crippen LogP contribution in [0.1, 0.15) is 57.5 Å². The molecule has 0 unspecified atom stereocenters. The molecule has 1 aromatic heterocycles. The van der Waals surface area contributed by atoms with Crippen LogP contribution < -0.4 is 10.0 Å². The average Bonchev–Trinajstić information content (AvgIpc) is 2.96. The van der Waals surface area contributed by atoms with Crippen molar-refractivity contribution in [2.75, 3.05) is 6.54 Å². The molecular weight excluding hydrogens is 288 g/mol. The second kappa shape index (κ2) is 6.50. The molecule has 0 aliphatic heterocycles. The maximum Gasteiger partial charge on any atom is 0.244 e. The van der Waals surface area contributed by atoms with E-state index in [0.29, 0.717) is 18.1 Å². The molecule has 1 aromatic rings. The van der Waals surface area contributed by atoms with Crippen LogP contribution in [0.3, 0.4) is 0 Å². The molecule has 6 heteroatoms. The van der Waals surface area contributed by atoms with Gasteiger partial charge in [-0.3, -0.25) is 0 Å².